The molecular weight excluding hydrogens is 1880 g/mol. The van der Waals surface area contributed by atoms with E-state index < -0.39 is 68.8 Å². The Labute approximate surface area is 806 Å². The van der Waals surface area contributed by atoms with Crippen LogP contribution < -0.4 is 52.3 Å². The van der Waals surface area contributed by atoms with E-state index in [0.717, 1.165) is 113 Å². The van der Waals surface area contributed by atoms with E-state index in [1.165, 1.54) is 55.4 Å². The highest BCUT2D eigenvalue weighted by molar-refractivity contribution is 8.13. The van der Waals surface area contributed by atoms with Gasteiger partial charge in [-0.05, 0) is 162 Å². The number of piperazine rings is 4. The average molecular weight is 2020 g/mol. The Kier molecular flexibility index (Phi) is 45.7. The number of carbonyl (C=O) groups excluding carboxylic acids is 3. The van der Waals surface area contributed by atoms with Crippen LogP contribution in [0.2, 0.25) is 0 Å². The molecule has 41 nitrogen and oxygen atoms in total. The van der Waals surface area contributed by atoms with Gasteiger partial charge in [-0.1, -0.05) is 40.0 Å². The Morgan fingerprint density at radius 2 is 0.796 bits per heavy atom. The number of sulfonamides is 3. The molecule has 4 aliphatic rings. The van der Waals surface area contributed by atoms with Gasteiger partial charge in [0.15, 0.2) is 0 Å². The molecule has 0 spiro atoms. The van der Waals surface area contributed by atoms with E-state index in [-0.39, 0.29) is 104 Å². The molecule has 0 atom stereocenters. The van der Waals surface area contributed by atoms with Crippen LogP contribution in [-0.4, -0.2) is 334 Å². The molecule has 3 amide bonds. The van der Waals surface area contributed by atoms with Crippen molar-refractivity contribution in [3.63, 3.8) is 0 Å². The molecule has 4 fully saturated rings. The molecule has 4 aromatic carbocycles. The highest BCUT2D eigenvalue weighted by Gasteiger charge is 2.35. The Bertz CT molecular complexity index is 5870. The molecule has 8 aromatic rings. The lowest BCUT2D eigenvalue weighted by Gasteiger charge is -2.33. The summed E-state index contributed by atoms with van der Waals surface area (Å²) in [5, 5.41) is 59.7. The summed E-state index contributed by atoms with van der Waals surface area (Å²) < 4.78 is 132. The lowest BCUT2D eigenvalue weighted by atomic mass is 10.1. The molecule has 8 heterocycles. The molecule has 0 aliphatic carbocycles. The molecule has 15 N–H and O–H groups in total. The summed E-state index contributed by atoms with van der Waals surface area (Å²) in [5.74, 6) is -3.00. The van der Waals surface area contributed by atoms with Crippen molar-refractivity contribution in [1.82, 2.24) is 61.5 Å². The highest BCUT2D eigenvalue weighted by atomic mass is 35.7. The Balaban J connectivity index is 0.000000237. The van der Waals surface area contributed by atoms with Crippen molar-refractivity contribution in [1.29, 1.82) is 0 Å². The van der Waals surface area contributed by atoms with E-state index in [9.17, 15) is 67.5 Å². The number of primary amides is 2. The van der Waals surface area contributed by atoms with Crippen LogP contribution in [0.25, 0.3) is 22.4 Å². The quantitative estimate of drug-likeness (QED) is 0.0211. The maximum atomic E-state index is 13.5. The number of nitrogens with one attached hydrogen (secondary N) is 3. The lowest BCUT2D eigenvalue weighted by molar-refractivity contribution is 0.0681. The Morgan fingerprint density at radius 3 is 1.18 bits per heavy atom. The number of ether oxygens (including phenoxy) is 4. The number of aromatic carboxylic acids is 2. The first-order valence-corrected chi connectivity index (χ1v) is 52.5. The van der Waals surface area contributed by atoms with Gasteiger partial charge in [-0.2, -0.15) is 12.9 Å². The number of hydrogen-bond acceptors (Lipinski definition) is 29. The summed E-state index contributed by atoms with van der Waals surface area (Å²) >= 11 is 0. The van der Waals surface area contributed by atoms with Crippen LogP contribution in [0.4, 0.5) is 11.4 Å². The van der Waals surface area contributed by atoms with Crippen LogP contribution in [0.1, 0.15) is 162 Å². The van der Waals surface area contributed by atoms with Crippen LogP contribution in [0.5, 0.6) is 23.0 Å². The van der Waals surface area contributed by atoms with Gasteiger partial charge in [-0.15, -0.1) is 0 Å². The molecule has 12 rings (SSSR count). The Hall–Kier alpha value is -10.2. The normalized spacial score (nSPS) is 15.0. The number of aromatic nitrogens is 5. The van der Waals surface area contributed by atoms with Crippen LogP contribution in [0, 0.1) is 0 Å². The highest BCUT2D eigenvalue weighted by Crippen LogP contribution is 2.36. The van der Waals surface area contributed by atoms with Gasteiger partial charge in [-0.3, -0.25) is 19.2 Å². The minimum Gasteiger partial charge on any atom is -0.493 e. The predicted molar refractivity (Wildman–Crippen MR) is 522 cm³/mol. The molecule has 46 heteroatoms. The molecular formula is C91H136ClN17O24S4. The zero-order valence-corrected chi connectivity index (χ0v) is 83.7. The number of amides is 3. The largest absolute Gasteiger partial charge is 0.493 e. The van der Waals surface area contributed by atoms with Gasteiger partial charge in [0, 0.05) is 208 Å². The van der Waals surface area contributed by atoms with Gasteiger partial charge >= 0.3 is 11.9 Å². The first kappa shape index (κ1) is 114. The topological polar surface area (TPSA) is 566 Å². The van der Waals surface area contributed by atoms with Crippen LogP contribution >= 0.6 is 10.7 Å². The number of carboxylic acids is 2. The summed E-state index contributed by atoms with van der Waals surface area (Å²) in [7, 11) is -4.93. The summed E-state index contributed by atoms with van der Waals surface area (Å²) in [6.07, 6.45) is 13.4. The summed E-state index contributed by atoms with van der Waals surface area (Å²) in [5.41, 5.74) is 21.6. The van der Waals surface area contributed by atoms with Crippen LogP contribution in [0.15, 0.2) is 116 Å². The average Bonchev–Trinajstić information content (AvgIpc) is 1.63. The maximum Gasteiger partial charge on any atom is 0.339 e. The molecule has 0 radical (unpaired) electrons. The molecule has 4 saturated heterocycles. The summed E-state index contributed by atoms with van der Waals surface area (Å²) in [6.45, 7) is 28.4. The molecule has 0 unspecified atom stereocenters. The fraction of sp³-hybridized carbons (Fsp3) is 0.527. The second-order valence-corrected chi connectivity index (χ2v) is 40.8. The van der Waals surface area contributed by atoms with Crippen molar-refractivity contribution in [2.24, 2.45) is 32.6 Å². The number of nitrogens with two attached hydrogens (primary N) is 3. The van der Waals surface area contributed by atoms with Gasteiger partial charge in [-0.25, -0.2) is 48.2 Å². The minimum atomic E-state index is -3.94. The van der Waals surface area contributed by atoms with Gasteiger partial charge in [0.2, 0.25) is 30.1 Å². The van der Waals surface area contributed by atoms with Crippen LogP contribution in [-0.2, 0) is 79.5 Å². The third-order valence-corrected chi connectivity index (χ3v) is 29.7. The smallest absolute Gasteiger partial charge is 0.339 e. The lowest BCUT2D eigenvalue weighted by Crippen LogP contribution is -2.48. The number of aliphatic hydroxyl groups excluding tert-OH is 4. The van der Waals surface area contributed by atoms with E-state index in [1.54, 1.807) is 73.0 Å². The number of fused-ring (bicyclic) bond motifs is 1. The number of aliphatic hydroxyl groups is 4. The standard InChI is InChI=1S/C25H37N5O6S.C25H35N5O5S.C16H24N2O6S.C9H9ClO5S.C9H15N3O.C7H16N2O/c1-4-7-18-17-28(3)23(24(26)32)22(18)27-25(33)20-16-19(8-9-21(20)36-5-2)37(34,35)30-13-11-29(12-14-30)10-6-15-31;1-4-7-18-17-28(3)23-22(18)26-24(27-25(23)32)20-16-19(8-9-21(20)35-5-2)36(33,34)30-13-11-29(12-14-30)10-6-15-31;1-2-24-15-5-4-13(12-14(15)16(20)21)25(22,23)18-9-7-17(8-10-18)6-3-11-19;1-2-15-8-4-3-6(16(10,13)14)5-7(8)9(11)12;1-3-4-6-5-12(2)8(7(6)10)9(11)13;10-7-1-4-9-5-2-8-3-6-9/h8-9,16-17,31H,4-7,10-15H2,1-3H3,(H2,26,32)(H,27,33);8-9,16-17,31H,4-7,10-15H2,1-3H3,(H,26,27,32);4-5,12,19H,2-3,6-11H2,1H3,(H,20,21);3-5H,2H2,1H3,(H,11,12);5H,3-4,10H2,1-2H3,(H2,11,13);8,10H,1-7H2. The molecule has 137 heavy (non-hydrogen) atoms. The fourth-order valence-corrected chi connectivity index (χ4v) is 21.0. The SMILES string of the molecule is CCCc1cn(C)c(C(N)=O)c1N.CCCc1cn(C)c(C(N)=O)c1NC(=O)c1cc(S(=O)(=O)N2CCN(CCCO)CC2)ccc1OCC.CCCc1cn(C)c2c(=O)[nH]c(-c3cc(S(=O)(=O)N4CCN(CCCO)CC4)ccc3OCC)nc12.CCOc1ccc(S(=O)(=O)Cl)cc1C(=O)O.CCOc1ccc(S(=O)(=O)N2CCN(CCCO)CC2)cc1C(=O)O.OCCCN1CCNCC1. The second-order valence-electron chi connectivity index (χ2n) is 32.4. The number of carboxylic acid groups (broad SMARTS) is 2. The third kappa shape index (κ3) is 31.7. The zero-order valence-electron chi connectivity index (χ0n) is 79.7. The van der Waals surface area contributed by atoms with Crippen molar-refractivity contribution >= 4 is 102 Å². The fourth-order valence-electron chi connectivity index (χ4n) is 15.8. The van der Waals surface area contributed by atoms with Crippen molar-refractivity contribution in [2.75, 3.05) is 195 Å². The van der Waals surface area contributed by atoms with E-state index in [2.05, 4.69) is 49.1 Å². The number of aromatic amines is 1. The van der Waals surface area contributed by atoms with Crippen LogP contribution in [0.3, 0.4) is 0 Å². The monoisotopic (exact) mass is 2010 g/mol. The molecule has 0 saturated carbocycles. The van der Waals surface area contributed by atoms with E-state index in [4.69, 9.17) is 77.3 Å². The number of rotatable bonds is 40. The number of nitrogen functional groups attached to an aromatic ring is 1. The predicted octanol–water partition coefficient (Wildman–Crippen LogP) is 5.50. The molecule has 760 valence electrons. The van der Waals surface area contributed by atoms with Gasteiger partial charge in [0.25, 0.3) is 32.3 Å². The first-order chi connectivity index (χ1) is 65.2. The second kappa shape index (κ2) is 55.0. The van der Waals surface area contributed by atoms with E-state index in [0.29, 0.717) is 170 Å². The Morgan fingerprint density at radius 1 is 0.453 bits per heavy atom. The molecule has 0 bridgehead atoms. The summed E-state index contributed by atoms with van der Waals surface area (Å²) in [6, 6.07) is 16.3. The van der Waals surface area contributed by atoms with E-state index >= 15 is 0 Å². The van der Waals surface area contributed by atoms with Crippen molar-refractivity contribution in [3.8, 4) is 34.4 Å². The third-order valence-electron chi connectivity index (χ3n) is 22.6. The van der Waals surface area contributed by atoms with E-state index in [1.807, 2.05) is 33.3 Å². The minimum absolute atomic E-state index is 0.0121. The number of carbonyl (C=O) groups is 5. The molecule has 4 aromatic heterocycles. The van der Waals surface area contributed by atoms with Crippen molar-refractivity contribution in [2.45, 2.75) is 132 Å². The van der Waals surface area contributed by atoms with Gasteiger partial charge in [0.05, 0.1) is 74.0 Å². The number of nitrogens with zero attached hydrogens (tertiary/aromatic N) is 11. The number of benzene rings is 4. The number of aryl methyl sites for hydroxylation is 6. The van der Waals surface area contributed by atoms with Crippen molar-refractivity contribution in [3.05, 3.63) is 147 Å². The van der Waals surface area contributed by atoms with Crippen molar-refractivity contribution < 1.29 is 107 Å². The number of hydrogen-bond donors (Lipinski definition) is 12. The first-order valence-electron chi connectivity index (χ1n) is 45.8. The number of halogens is 1. The number of anilines is 2. The number of H-pyrrole nitrogens is 1. The molecule has 4 aliphatic heterocycles. The van der Waals surface area contributed by atoms with Gasteiger partial charge in [0.1, 0.15) is 56.9 Å². The van der Waals surface area contributed by atoms with Gasteiger partial charge < -0.3 is 116 Å². The zero-order chi connectivity index (χ0) is 101. The summed E-state index contributed by atoms with van der Waals surface area (Å²) in [4.78, 5) is 88.0. The maximum absolute atomic E-state index is 13.5.